The van der Waals surface area contributed by atoms with E-state index in [-0.39, 0.29) is 25.6 Å². The fraction of sp³-hybridized carbons (Fsp3) is 0.688. The van der Waals surface area contributed by atoms with E-state index in [0.717, 1.165) is 4.57 Å². The fourth-order valence-corrected chi connectivity index (χ4v) is 3.30. The van der Waals surface area contributed by atoms with E-state index in [4.69, 9.17) is 9.84 Å². The maximum absolute atomic E-state index is 12.8. The first-order chi connectivity index (χ1) is 13.0. The zero-order chi connectivity index (χ0) is 19.6. The third kappa shape index (κ3) is 4.23. The van der Waals surface area contributed by atoms with Crippen LogP contribution in [0.3, 0.4) is 0 Å². The van der Waals surface area contributed by atoms with Gasteiger partial charge in [-0.25, -0.2) is 4.79 Å². The molecule has 3 rings (SSSR count). The second kappa shape index (κ2) is 9.52. The number of halogens is 1. The number of imidazole rings is 1. The van der Waals surface area contributed by atoms with E-state index in [9.17, 15) is 14.7 Å². The van der Waals surface area contributed by atoms with Gasteiger partial charge >= 0.3 is 5.69 Å². The summed E-state index contributed by atoms with van der Waals surface area (Å²) >= 11 is 0. The highest BCUT2D eigenvalue weighted by Gasteiger charge is 2.25. The standard InChI is InChI=1S/C16H26N6O5.ClH/c1-19-13-12(14(25)20(2)16(19)26)22(10-11(24)9-17-3-6-23)15(18-13)21-4-7-27-8-5-21;/h11,17,23-24H,3-10H2,1-2H3;1H. The average Bonchev–Trinajstić information content (AvgIpc) is 3.05. The monoisotopic (exact) mass is 418 g/mol. The summed E-state index contributed by atoms with van der Waals surface area (Å²) in [6.45, 7) is 3.40. The number of aromatic nitrogens is 4. The van der Waals surface area contributed by atoms with Crippen molar-refractivity contribution in [3.8, 4) is 0 Å². The molecule has 1 aliphatic rings. The summed E-state index contributed by atoms with van der Waals surface area (Å²) in [6.07, 6.45) is -0.740. The maximum atomic E-state index is 12.8. The highest BCUT2D eigenvalue weighted by Crippen LogP contribution is 2.21. The van der Waals surface area contributed by atoms with E-state index in [1.807, 2.05) is 10.2 Å². The molecule has 0 bridgehead atoms. The average molecular weight is 419 g/mol. The zero-order valence-corrected chi connectivity index (χ0v) is 16.8. The fourth-order valence-electron chi connectivity index (χ4n) is 3.30. The number of nitrogens with two attached hydrogens (primary N) is 1. The Morgan fingerprint density at radius 3 is 2.54 bits per heavy atom. The van der Waals surface area contributed by atoms with E-state index in [1.165, 1.54) is 11.6 Å². The van der Waals surface area contributed by atoms with Crippen LogP contribution in [0.15, 0.2) is 9.59 Å². The van der Waals surface area contributed by atoms with Crippen molar-refractivity contribution in [1.29, 1.82) is 0 Å². The predicted molar refractivity (Wildman–Crippen MR) is 98.0 cm³/mol. The molecule has 2 aromatic rings. The van der Waals surface area contributed by atoms with Crippen molar-refractivity contribution in [1.82, 2.24) is 18.7 Å². The van der Waals surface area contributed by atoms with Gasteiger partial charge in [0, 0.05) is 27.2 Å². The molecular formula is C16H27ClN6O5. The number of quaternary nitrogens is 1. The minimum absolute atomic E-state index is 0. The molecule has 4 N–H and O–H groups in total. The van der Waals surface area contributed by atoms with Crippen LogP contribution in [-0.2, 0) is 25.4 Å². The second-order valence-corrected chi connectivity index (χ2v) is 6.69. The van der Waals surface area contributed by atoms with E-state index in [1.54, 1.807) is 11.6 Å². The molecule has 2 aromatic heterocycles. The van der Waals surface area contributed by atoms with Gasteiger partial charge in [0.1, 0.15) is 12.6 Å². The third-order valence-corrected chi connectivity index (χ3v) is 4.79. The van der Waals surface area contributed by atoms with Crippen molar-refractivity contribution in [2.75, 3.05) is 50.9 Å². The first-order valence-electron chi connectivity index (χ1n) is 9.05. The van der Waals surface area contributed by atoms with Crippen molar-refractivity contribution in [3.05, 3.63) is 20.8 Å². The number of morpholine rings is 1. The lowest BCUT2D eigenvalue weighted by atomic mass is 10.3. The molecule has 0 aliphatic carbocycles. The van der Waals surface area contributed by atoms with E-state index < -0.39 is 17.4 Å². The molecule has 0 radical (unpaired) electrons. The number of rotatable bonds is 7. The second-order valence-electron chi connectivity index (χ2n) is 6.69. The first kappa shape index (κ1) is 22.4. The number of hydrogen-bond donors (Lipinski definition) is 3. The van der Waals surface area contributed by atoms with Gasteiger partial charge in [-0.2, -0.15) is 4.98 Å². The summed E-state index contributed by atoms with van der Waals surface area (Å²) in [4.78, 5) is 31.6. The van der Waals surface area contributed by atoms with Crippen LogP contribution >= 0.6 is 0 Å². The van der Waals surface area contributed by atoms with Crippen LogP contribution in [0, 0.1) is 0 Å². The summed E-state index contributed by atoms with van der Waals surface area (Å²) in [6, 6.07) is 0. The van der Waals surface area contributed by atoms with E-state index in [0.29, 0.717) is 56.5 Å². The predicted octanol–water partition coefficient (Wildman–Crippen LogP) is -6.81. The van der Waals surface area contributed by atoms with Crippen molar-refractivity contribution in [2.24, 2.45) is 14.1 Å². The molecular weight excluding hydrogens is 392 g/mol. The van der Waals surface area contributed by atoms with Crippen molar-refractivity contribution in [2.45, 2.75) is 12.6 Å². The molecule has 11 nitrogen and oxygen atoms in total. The first-order valence-corrected chi connectivity index (χ1v) is 9.05. The lowest BCUT2D eigenvalue weighted by Crippen LogP contribution is -3.00. The summed E-state index contributed by atoms with van der Waals surface area (Å²) in [5, 5.41) is 21.1. The Morgan fingerprint density at radius 1 is 1.21 bits per heavy atom. The van der Waals surface area contributed by atoms with Gasteiger partial charge < -0.3 is 42.1 Å². The quantitative estimate of drug-likeness (QED) is 0.381. The number of aliphatic hydroxyl groups excluding tert-OH is 2. The van der Waals surface area contributed by atoms with E-state index in [2.05, 4.69) is 4.98 Å². The number of aliphatic hydroxyl groups is 2. The lowest BCUT2D eigenvalue weighted by Gasteiger charge is -2.28. The van der Waals surface area contributed by atoms with Gasteiger partial charge in [-0.05, 0) is 0 Å². The highest BCUT2D eigenvalue weighted by atomic mass is 35.5. The Hall–Kier alpha value is -1.92. The molecule has 1 atom stereocenters. The lowest BCUT2D eigenvalue weighted by molar-refractivity contribution is -0.662. The van der Waals surface area contributed by atoms with Gasteiger partial charge in [-0.3, -0.25) is 13.9 Å². The Morgan fingerprint density at radius 2 is 1.89 bits per heavy atom. The summed E-state index contributed by atoms with van der Waals surface area (Å²) in [5.41, 5.74) is -0.285. The molecule has 0 spiro atoms. The number of ether oxygens (including phenoxy) is 1. The van der Waals surface area contributed by atoms with Crippen LogP contribution < -0.4 is 33.9 Å². The minimum atomic E-state index is -0.740. The smallest absolute Gasteiger partial charge is 0.332 e. The van der Waals surface area contributed by atoms with Gasteiger partial charge in [0.05, 0.1) is 32.9 Å². The number of fused-ring (bicyclic) bond motifs is 1. The minimum Gasteiger partial charge on any atom is -1.00 e. The SMILES string of the molecule is Cn1c(=O)c2c(nc(N3CCOCC3)n2CC(O)C[NH2+]CCO)n(C)c1=O.[Cl-]. The normalized spacial score (nSPS) is 15.6. The third-order valence-electron chi connectivity index (χ3n) is 4.79. The Labute approximate surface area is 167 Å². The van der Waals surface area contributed by atoms with Crippen LogP contribution in [0.4, 0.5) is 5.95 Å². The van der Waals surface area contributed by atoms with Crippen LogP contribution in [0.1, 0.15) is 0 Å². The Bertz CT molecular complexity index is 917. The number of anilines is 1. The zero-order valence-electron chi connectivity index (χ0n) is 16.0. The Balaban J connectivity index is 0.00000280. The molecule has 158 valence electrons. The van der Waals surface area contributed by atoms with Gasteiger partial charge in [-0.1, -0.05) is 0 Å². The van der Waals surface area contributed by atoms with E-state index >= 15 is 0 Å². The van der Waals surface area contributed by atoms with Gasteiger partial charge in [-0.15, -0.1) is 0 Å². The number of nitrogens with zero attached hydrogens (tertiary/aromatic N) is 5. The van der Waals surface area contributed by atoms with Crippen LogP contribution in [0.25, 0.3) is 11.2 Å². The molecule has 1 aliphatic heterocycles. The largest absolute Gasteiger partial charge is 1.00 e. The molecule has 12 heteroatoms. The van der Waals surface area contributed by atoms with Crippen LogP contribution in [-0.4, -0.2) is 81.0 Å². The molecule has 28 heavy (non-hydrogen) atoms. The molecule has 0 saturated carbocycles. The molecule has 0 aromatic carbocycles. The van der Waals surface area contributed by atoms with Crippen molar-refractivity contribution in [3.63, 3.8) is 0 Å². The van der Waals surface area contributed by atoms with Gasteiger partial charge in [0.15, 0.2) is 11.2 Å². The number of aryl methyl sites for hydroxylation is 1. The highest BCUT2D eigenvalue weighted by molar-refractivity contribution is 5.74. The molecule has 0 amide bonds. The topological polar surface area (TPSA) is 131 Å². The Kier molecular flexibility index (Phi) is 7.61. The van der Waals surface area contributed by atoms with Gasteiger partial charge in [0.2, 0.25) is 5.95 Å². The van der Waals surface area contributed by atoms with Crippen LogP contribution in [0.5, 0.6) is 0 Å². The summed E-state index contributed by atoms with van der Waals surface area (Å²) in [7, 11) is 3.01. The molecule has 1 unspecified atom stereocenters. The molecule has 3 heterocycles. The van der Waals surface area contributed by atoms with Gasteiger partial charge in [0.25, 0.3) is 5.56 Å². The summed E-state index contributed by atoms with van der Waals surface area (Å²) < 4.78 is 9.48. The van der Waals surface area contributed by atoms with Crippen molar-refractivity contribution >= 4 is 17.1 Å². The maximum Gasteiger partial charge on any atom is 0.332 e. The summed E-state index contributed by atoms with van der Waals surface area (Å²) in [5.74, 6) is 0.549. The molecule has 1 saturated heterocycles. The van der Waals surface area contributed by atoms with Crippen molar-refractivity contribution < 1.29 is 32.7 Å². The number of hydrogen-bond acceptors (Lipinski definition) is 7. The van der Waals surface area contributed by atoms with Crippen LogP contribution in [0.2, 0.25) is 0 Å². The molecule has 1 fully saturated rings.